The van der Waals surface area contributed by atoms with Crippen LogP contribution in [0.2, 0.25) is 0 Å². The van der Waals surface area contributed by atoms with E-state index < -0.39 is 0 Å². The number of nitrogens with zero attached hydrogens (tertiary/aromatic N) is 1. The lowest BCUT2D eigenvalue weighted by Gasteiger charge is -2.30. The van der Waals surface area contributed by atoms with Crippen molar-refractivity contribution in [1.82, 2.24) is 0 Å². The highest BCUT2D eigenvalue weighted by Gasteiger charge is 2.22. The molecule has 2 nitrogen and oxygen atoms in total. The summed E-state index contributed by atoms with van der Waals surface area (Å²) in [6.07, 6.45) is 4.99. The zero-order chi connectivity index (χ0) is 11.5. The standard InChI is InChI=1S/C13H19FN2/c1-2-16(12-5-3-4-6-12)13-8-10(14)7-11(15)9-13/h7-9,12H,2-6,15H2,1H3. The Kier molecular flexibility index (Phi) is 3.32. The first-order valence-corrected chi connectivity index (χ1v) is 6.03. The third kappa shape index (κ3) is 2.29. The number of nitrogen functional groups attached to an aromatic ring is 1. The fraction of sp³-hybridized carbons (Fsp3) is 0.538. The number of benzene rings is 1. The van der Waals surface area contributed by atoms with E-state index in [9.17, 15) is 4.39 Å². The van der Waals surface area contributed by atoms with Gasteiger partial charge >= 0.3 is 0 Å². The van der Waals surface area contributed by atoms with Crippen LogP contribution in [0, 0.1) is 5.82 Å². The lowest BCUT2D eigenvalue weighted by molar-refractivity contribution is 0.607. The molecule has 0 aromatic heterocycles. The quantitative estimate of drug-likeness (QED) is 0.796. The first-order valence-electron chi connectivity index (χ1n) is 6.03. The van der Waals surface area contributed by atoms with Crippen LogP contribution in [0.25, 0.3) is 0 Å². The van der Waals surface area contributed by atoms with E-state index >= 15 is 0 Å². The molecule has 88 valence electrons. The van der Waals surface area contributed by atoms with Gasteiger partial charge in [0.1, 0.15) is 5.82 Å². The number of hydrogen-bond acceptors (Lipinski definition) is 2. The number of nitrogens with two attached hydrogens (primary N) is 1. The fourth-order valence-electron chi connectivity index (χ4n) is 2.63. The molecule has 1 fully saturated rings. The van der Waals surface area contributed by atoms with Crippen LogP contribution in [0.3, 0.4) is 0 Å². The highest BCUT2D eigenvalue weighted by molar-refractivity contribution is 5.57. The zero-order valence-corrected chi connectivity index (χ0v) is 9.75. The van der Waals surface area contributed by atoms with Gasteiger partial charge < -0.3 is 10.6 Å². The van der Waals surface area contributed by atoms with Crippen molar-refractivity contribution in [1.29, 1.82) is 0 Å². The van der Waals surface area contributed by atoms with Gasteiger partial charge in [-0.1, -0.05) is 12.8 Å². The molecule has 0 bridgehead atoms. The monoisotopic (exact) mass is 222 g/mol. The molecule has 1 saturated carbocycles. The van der Waals surface area contributed by atoms with E-state index in [4.69, 9.17) is 5.73 Å². The molecule has 2 N–H and O–H groups in total. The van der Waals surface area contributed by atoms with Crippen molar-refractivity contribution in [3.05, 3.63) is 24.0 Å². The minimum atomic E-state index is -0.244. The van der Waals surface area contributed by atoms with Gasteiger partial charge in [0.25, 0.3) is 0 Å². The molecular weight excluding hydrogens is 203 g/mol. The van der Waals surface area contributed by atoms with Crippen molar-refractivity contribution < 1.29 is 4.39 Å². The van der Waals surface area contributed by atoms with Crippen LogP contribution in [-0.4, -0.2) is 12.6 Å². The van der Waals surface area contributed by atoms with Crippen LogP contribution < -0.4 is 10.6 Å². The number of anilines is 2. The fourth-order valence-corrected chi connectivity index (χ4v) is 2.63. The van der Waals surface area contributed by atoms with Crippen LogP contribution in [0.1, 0.15) is 32.6 Å². The van der Waals surface area contributed by atoms with Crippen LogP contribution in [0.5, 0.6) is 0 Å². The molecule has 1 aromatic rings. The minimum absolute atomic E-state index is 0.244. The Labute approximate surface area is 96.2 Å². The molecule has 2 rings (SSSR count). The predicted molar refractivity (Wildman–Crippen MR) is 66.1 cm³/mol. The van der Waals surface area contributed by atoms with Crippen molar-refractivity contribution in [2.75, 3.05) is 17.2 Å². The van der Waals surface area contributed by atoms with E-state index in [1.807, 2.05) is 6.07 Å². The summed E-state index contributed by atoms with van der Waals surface area (Å²) < 4.78 is 13.3. The SMILES string of the molecule is CCN(c1cc(N)cc(F)c1)C1CCCC1. The molecule has 0 heterocycles. The maximum Gasteiger partial charge on any atom is 0.127 e. The highest BCUT2D eigenvalue weighted by atomic mass is 19.1. The third-order valence-electron chi connectivity index (χ3n) is 3.34. The molecule has 0 saturated heterocycles. The maximum absolute atomic E-state index is 13.3. The summed E-state index contributed by atoms with van der Waals surface area (Å²) in [5.74, 6) is -0.244. The smallest absolute Gasteiger partial charge is 0.127 e. The average Bonchev–Trinajstić information content (AvgIpc) is 2.70. The van der Waals surface area contributed by atoms with Crippen LogP contribution >= 0.6 is 0 Å². The second-order valence-corrected chi connectivity index (χ2v) is 4.47. The molecule has 0 aliphatic heterocycles. The zero-order valence-electron chi connectivity index (χ0n) is 9.75. The molecule has 1 aromatic carbocycles. The summed E-state index contributed by atoms with van der Waals surface area (Å²) in [4.78, 5) is 2.27. The van der Waals surface area contributed by atoms with Gasteiger partial charge in [-0.2, -0.15) is 0 Å². The number of hydrogen-bond donors (Lipinski definition) is 1. The summed E-state index contributed by atoms with van der Waals surface area (Å²) in [5, 5.41) is 0. The average molecular weight is 222 g/mol. The molecular formula is C13H19FN2. The van der Waals surface area contributed by atoms with E-state index in [2.05, 4.69) is 11.8 Å². The molecule has 0 unspecified atom stereocenters. The van der Waals surface area contributed by atoms with Gasteiger partial charge in [-0.3, -0.25) is 0 Å². The van der Waals surface area contributed by atoms with E-state index in [1.165, 1.54) is 31.7 Å². The summed E-state index contributed by atoms with van der Waals surface area (Å²) in [6.45, 7) is 3.02. The van der Waals surface area contributed by atoms with Gasteiger partial charge in [-0.15, -0.1) is 0 Å². The lowest BCUT2D eigenvalue weighted by atomic mass is 10.1. The van der Waals surface area contributed by atoms with Crippen molar-refractivity contribution in [2.45, 2.75) is 38.6 Å². The normalized spacial score (nSPS) is 16.6. The second-order valence-electron chi connectivity index (χ2n) is 4.47. The molecule has 0 atom stereocenters. The second kappa shape index (κ2) is 4.73. The van der Waals surface area contributed by atoms with Crippen LogP contribution in [0.4, 0.5) is 15.8 Å². The minimum Gasteiger partial charge on any atom is -0.399 e. The molecule has 1 aliphatic carbocycles. The highest BCUT2D eigenvalue weighted by Crippen LogP contribution is 2.29. The summed E-state index contributed by atoms with van der Waals surface area (Å²) in [6, 6.07) is 5.38. The van der Waals surface area contributed by atoms with Gasteiger partial charge in [0, 0.05) is 24.0 Å². The van der Waals surface area contributed by atoms with Crippen LogP contribution in [-0.2, 0) is 0 Å². The van der Waals surface area contributed by atoms with Gasteiger partial charge in [-0.25, -0.2) is 4.39 Å². The molecule has 0 spiro atoms. The van der Waals surface area contributed by atoms with E-state index in [0.717, 1.165) is 12.2 Å². The largest absolute Gasteiger partial charge is 0.399 e. The molecule has 16 heavy (non-hydrogen) atoms. The lowest BCUT2D eigenvalue weighted by Crippen LogP contribution is -2.33. The van der Waals surface area contributed by atoms with E-state index in [1.54, 1.807) is 6.07 Å². The molecule has 0 amide bonds. The Balaban J connectivity index is 2.24. The van der Waals surface area contributed by atoms with Gasteiger partial charge in [0.2, 0.25) is 0 Å². The molecule has 1 aliphatic rings. The van der Waals surface area contributed by atoms with Crippen molar-refractivity contribution in [2.24, 2.45) is 0 Å². The van der Waals surface area contributed by atoms with Crippen LogP contribution in [0.15, 0.2) is 18.2 Å². The summed E-state index contributed by atoms with van der Waals surface area (Å²) in [5.41, 5.74) is 7.11. The van der Waals surface area contributed by atoms with Crippen molar-refractivity contribution >= 4 is 11.4 Å². The summed E-state index contributed by atoms with van der Waals surface area (Å²) in [7, 11) is 0. The Morgan fingerprint density at radius 1 is 1.31 bits per heavy atom. The first-order chi connectivity index (χ1) is 7.70. The predicted octanol–water partition coefficient (Wildman–Crippen LogP) is 3.18. The van der Waals surface area contributed by atoms with Gasteiger partial charge in [0.05, 0.1) is 0 Å². The molecule has 0 radical (unpaired) electrons. The number of halogens is 1. The van der Waals surface area contributed by atoms with Gasteiger partial charge in [0.15, 0.2) is 0 Å². The Hall–Kier alpha value is -1.25. The first kappa shape index (κ1) is 11.2. The van der Waals surface area contributed by atoms with E-state index in [0.29, 0.717) is 11.7 Å². The number of rotatable bonds is 3. The molecule has 3 heteroatoms. The maximum atomic E-state index is 13.3. The van der Waals surface area contributed by atoms with Crippen molar-refractivity contribution in [3.8, 4) is 0 Å². The Morgan fingerprint density at radius 2 is 2.00 bits per heavy atom. The topological polar surface area (TPSA) is 29.3 Å². The Bertz CT molecular complexity index is 339. The third-order valence-corrected chi connectivity index (χ3v) is 3.34. The Morgan fingerprint density at radius 3 is 2.56 bits per heavy atom. The summed E-state index contributed by atoms with van der Waals surface area (Å²) >= 11 is 0. The van der Waals surface area contributed by atoms with Gasteiger partial charge in [-0.05, 0) is 38.0 Å². The van der Waals surface area contributed by atoms with Crippen molar-refractivity contribution in [3.63, 3.8) is 0 Å². The van der Waals surface area contributed by atoms with E-state index in [-0.39, 0.29) is 5.82 Å².